The van der Waals surface area contributed by atoms with Crippen LogP contribution in [0, 0.1) is 11.3 Å². The summed E-state index contributed by atoms with van der Waals surface area (Å²) in [6.07, 6.45) is 1.72. The minimum Gasteiger partial charge on any atom is -0.491 e. The number of ether oxygens (including phenoxy) is 1. The number of rotatable bonds is 5. The zero-order valence-corrected chi connectivity index (χ0v) is 11.8. The van der Waals surface area contributed by atoms with Crippen LogP contribution >= 0.6 is 11.6 Å². The smallest absolute Gasteiger partial charge is 0.120 e. The van der Waals surface area contributed by atoms with Gasteiger partial charge in [0.05, 0.1) is 17.2 Å². The standard InChI is InChI=1S/C15H18ClNO/c1-4-6-13(10-17)15(16)12-7-5-8-14(9-12)18-11(2)3/h5,7-9,11H,4,6H2,1-3H3. The van der Waals surface area contributed by atoms with Crippen LogP contribution in [0.1, 0.15) is 39.2 Å². The van der Waals surface area contributed by atoms with Crippen molar-refractivity contribution in [1.82, 2.24) is 0 Å². The van der Waals surface area contributed by atoms with Gasteiger partial charge in [-0.25, -0.2) is 0 Å². The van der Waals surface area contributed by atoms with Gasteiger partial charge in [0, 0.05) is 5.57 Å². The number of allylic oxidation sites excluding steroid dienone is 1. The Hall–Kier alpha value is -1.46. The van der Waals surface area contributed by atoms with E-state index >= 15 is 0 Å². The van der Waals surface area contributed by atoms with Crippen molar-refractivity contribution in [3.8, 4) is 11.8 Å². The van der Waals surface area contributed by atoms with Crippen LogP contribution in [0.15, 0.2) is 29.8 Å². The lowest BCUT2D eigenvalue weighted by atomic mass is 10.1. The molecular weight excluding hydrogens is 246 g/mol. The Balaban J connectivity index is 3.06. The summed E-state index contributed by atoms with van der Waals surface area (Å²) >= 11 is 6.26. The van der Waals surface area contributed by atoms with Gasteiger partial charge >= 0.3 is 0 Å². The molecule has 0 aliphatic carbocycles. The molecule has 0 atom stereocenters. The van der Waals surface area contributed by atoms with Crippen LogP contribution in [0.4, 0.5) is 0 Å². The second kappa shape index (κ2) is 7.08. The zero-order valence-electron chi connectivity index (χ0n) is 11.0. The molecule has 0 spiro atoms. The van der Waals surface area contributed by atoms with Crippen LogP contribution in [0.25, 0.3) is 5.03 Å². The summed E-state index contributed by atoms with van der Waals surface area (Å²) in [6, 6.07) is 9.70. The number of halogens is 1. The maximum Gasteiger partial charge on any atom is 0.120 e. The van der Waals surface area contributed by atoms with Gasteiger partial charge in [-0.15, -0.1) is 0 Å². The number of nitriles is 1. The van der Waals surface area contributed by atoms with Gasteiger partial charge in [0.25, 0.3) is 0 Å². The minimum absolute atomic E-state index is 0.120. The maximum absolute atomic E-state index is 9.08. The van der Waals surface area contributed by atoms with E-state index in [1.165, 1.54) is 0 Å². The molecule has 2 nitrogen and oxygen atoms in total. The highest BCUT2D eigenvalue weighted by atomic mass is 35.5. The Morgan fingerprint density at radius 2 is 2.17 bits per heavy atom. The Morgan fingerprint density at radius 3 is 2.72 bits per heavy atom. The molecule has 96 valence electrons. The fraction of sp³-hybridized carbons (Fsp3) is 0.400. The molecule has 0 aliphatic heterocycles. The molecule has 0 fully saturated rings. The van der Waals surface area contributed by atoms with Crippen molar-refractivity contribution in [2.75, 3.05) is 0 Å². The van der Waals surface area contributed by atoms with E-state index in [4.69, 9.17) is 21.6 Å². The quantitative estimate of drug-likeness (QED) is 0.719. The van der Waals surface area contributed by atoms with E-state index in [2.05, 4.69) is 6.07 Å². The van der Waals surface area contributed by atoms with Gasteiger partial charge in [0.2, 0.25) is 0 Å². The molecule has 0 saturated heterocycles. The lowest BCUT2D eigenvalue weighted by Crippen LogP contribution is -2.05. The molecule has 3 heteroatoms. The van der Waals surface area contributed by atoms with Crippen LogP contribution in [0.3, 0.4) is 0 Å². The Morgan fingerprint density at radius 1 is 1.44 bits per heavy atom. The average Bonchev–Trinajstić information content (AvgIpc) is 2.34. The van der Waals surface area contributed by atoms with Crippen LogP contribution in [0.5, 0.6) is 5.75 Å². The molecule has 1 aromatic carbocycles. The predicted molar refractivity (Wildman–Crippen MR) is 75.5 cm³/mol. The molecular formula is C15H18ClNO. The predicted octanol–water partition coefficient (Wildman–Crippen LogP) is 4.75. The molecule has 1 rings (SSSR count). The van der Waals surface area contributed by atoms with E-state index in [-0.39, 0.29) is 6.10 Å². The molecule has 0 N–H and O–H groups in total. The molecule has 18 heavy (non-hydrogen) atoms. The molecule has 0 unspecified atom stereocenters. The topological polar surface area (TPSA) is 33.0 Å². The van der Waals surface area contributed by atoms with Crippen LogP contribution in [-0.2, 0) is 0 Å². The highest BCUT2D eigenvalue weighted by Gasteiger charge is 2.07. The largest absolute Gasteiger partial charge is 0.491 e. The second-order valence-electron chi connectivity index (χ2n) is 4.35. The molecule has 0 aliphatic rings. The molecule has 1 aromatic rings. The fourth-order valence-corrected chi connectivity index (χ4v) is 1.87. The number of hydrogen-bond acceptors (Lipinski definition) is 2. The van der Waals surface area contributed by atoms with Gasteiger partial charge in [0.1, 0.15) is 5.75 Å². The normalized spacial score (nSPS) is 12.0. The summed E-state index contributed by atoms with van der Waals surface area (Å²) in [5.41, 5.74) is 1.46. The average molecular weight is 264 g/mol. The number of benzene rings is 1. The number of hydrogen-bond donors (Lipinski definition) is 0. The Labute approximate surface area is 114 Å². The lowest BCUT2D eigenvalue weighted by molar-refractivity contribution is 0.242. The highest BCUT2D eigenvalue weighted by molar-refractivity contribution is 6.49. The fourth-order valence-electron chi connectivity index (χ4n) is 1.62. The summed E-state index contributed by atoms with van der Waals surface area (Å²) in [5, 5.41) is 9.60. The van der Waals surface area contributed by atoms with E-state index < -0.39 is 0 Å². The van der Waals surface area contributed by atoms with Crippen molar-refractivity contribution in [3.05, 3.63) is 35.4 Å². The SMILES string of the molecule is CCCC(C#N)=C(Cl)c1cccc(OC(C)C)c1. The van der Waals surface area contributed by atoms with Crippen molar-refractivity contribution in [3.63, 3.8) is 0 Å². The number of nitrogens with zero attached hydrogens (tertiary/aromatic N) is 1. The summed E-state index contributed by atoms with van der Waals surface area (Å²) in [7, 11) is 0. The van der Waals surface area contributed by atoms with Gasteiger partial charge in [-0.3, -0.25) is 0 Å². The summed E-state index contributed by atoms with van der Waals surface area (Å²) < 4.78 is 5.61. The molecule has 0 radical (unpaired) electrons. The maximum atomic E-state index is 9.08. The van der Waals surface area contributed by atoms with Gasteiger partial charge < -0.3 is 4.74 Å². The van der Waals surface area contributed by atoms with E-state index in [1.54, 1.807) is 0 Å². The van der Waals surface area contributed by atoms with E-state index in [1.807, 2.05) is 45.0 Å². The summed E-state index contributed by atoms with van der Waals surface area (Å²) in [4.78, 5) is 0. The van der Waals surface area contributed by atoms with Crippen molar-refractivity contribution >= 4 is 16.6 Å². The van der Waals surface area contributed by atoms with Gasteiger partial charge in [0.15, 0.2) is 0 Å². The van der Waals surface area contributed by atoms with Crippen LogP contribution < -0.4 is 4.74 Å². The Bertz CT molecular complexity index is 472. The van der Waals surface area contributed by atoms with Gasteiger partial charge in [-0.05, 0) is 38.0 Å². The minimum atomic E-state index is 0.120. The van der Waals surface area contributed by atoms with Gasteiger partial charge in [-0.1, -0.05) is 37.1 Å². The molecule has 0 bridgehead atoms. The molecule has 0 heterocycles. The van der Waals surface area contributed by atoms with Gasteiger partial charge in [-0.2, -0.15) is 5.26 Å². The first kappa shape index (κ1) is 14.6. The zero-order chi connectivity index (χ0) is 13.5. The first-order valence-electron chi connectivity index (χ1n) is 6.14. The molecule has 0 saturated carbocycles. The summed E-state index contributed by atoms with van der Waals surface area (Å²) in [6.45, 7) is 5.98. The summed E-state index contributed by atoms with van der Waals surface area (Å²) in [5.74, 6) is 0.773. The Kier molecular flexibility index (Phi) is 5.74. The van der Waals surface area contributed by atoms with Crippen molar-refractivity contribution in [2.24, 2.45) is 0 Å². The van der Waals surface area contributed by atoms with E-state index in [9.17, 15) is 0 Å². The highest BCUT2D eigenvalue weighted by Crippen LogP contribution is 2.28. The first-order chi connectivity index (χ1) is 8.58. The van der Waals surface area contributed by atoms with Crippen molar-refractivity contribution < 1.29 is 4.74 Å². The third kappa shape index (κ3) is 4.09. The first-order valence-corrected chi connectivity index (χ1v) is 6.52. The van der Waals surface area contributed by atoms with Crippen LogP contribution in [-0.4, -0.2) is 6.10 Å². The monoisotopic (exact) mass is 263 g/mol. The third-order valence-corrected chi connectivity index (χ3v) is 2.81. The second-order valence-corrected chi connectivity index (χ2v) is 4.73. The van der Waals surface area contributed by atoms with E-state index in [0.29, 0.717) is 17.0 Å². The van der Waals surface area contributed by atoms with Crippen molar-refractivity contribution in [1.29, 1.82) is 5.26 Å². The molecule has 0 aromatic heterocycles. The van der Waals surface area contributed by atoms with Crippen molar-refractivity contribution in [2.45, 2.75) is 39.7 Å². The third-order valence-electron chi connectivity index (χ3n) is 2.36. The van der Waals surface area contributed by atoms with E-state index in [0.717, 1.165) is 17.7 Å². The molecule has 0 amide bonds. The van der Waals surface area contributed by atoms with Crippen LogP contribution in [0.2, 0.25) is 0 Å². The lowest BCUT2D eigenvalue weighted by Gasteiger charge is -2.11.